The van der Waals surface area contributed by atoms with Crippen LogP contribution < -0.4 is 0 Å². The lowest BCUT2D eigenvalue weighted by Gasteiger charge is -2.35. The van der Waals surface area contributed by atoms with E-state index in [1.54, 1.807) is 17.4 Å². The molecular weight excluding hydrogens is 336 g/mol. The highest BCUT2D eigenvalue weighted by Crippen LogP contribution is 2.23. The number of nitrogens with zero attached hydrogens (tertiary/aromatic N) is 2. The maximum Gasteiger partial charge on any atom is 0.246 e. The Kier molecular flexibility index (Phi) is 5.81. The molecule has 2 heterocycles. The standard InChI is InChI=1S/C15H21BrN2OS/c1-3-18-10-8-12(9-11-18)17(2)15(19)7-5-13-4-6-14(16)20-13/h4-7,12H,3,8-11H2,1-2H3/b7-5+. The highest BCUT2D eigenvalue weighted by Gasteiger charge is 2.23. The fourth-order valence-electron chi connectivity index (χ4n) is 2.49. The molecule has 20 heavy (non-hydrogen) atoms. The van der Waals surface area contributed by atoms with Crippen LogP contribution in [0.1, 0.15) is 24.6 Å². The van der Waals surface area contributed by atoms with Gasteiger partial charge in [-0.05, 0) is 53.5 Å². The average molecular weight is 357 g/mol. The van der Waals surface area contributed by atoms with Gasteiger partial charge in [0.1, 0.15) is 0 Å². The van der Waals surface area contributed by atoms with Crippen LogP contribution in [0.4, 0.5) is 0 Å². The van der Waals surface area contributed by atoms with Crippen LogP contribution in [0.25, 0.3) is 6.08 Å². The molecular formula is C15H21BrN2OS. The SMILES string of the molecule is CCN1CCC(N(C)C(=O)/C=C/c2ccc(Br)s2)CC1. The molecule has 110 valence electrons. The lowest BCUT2D eigenvalue weighted by atomic mass is 10.0. The maximum atomic E-state index is 12.2. The molecule has 5 heteroatoms. The summed E-state index contributed by atoms with van der Waals surface area (Å²) in [7, 11) is 1.92. The highest BCUT2D eigenvalue weighted by atomic mass is 79.9. The van der Waals surface area contributed by atoms with Crippen molar-refractivity contribution in [3.8, 4) is 0 Å². The minimum absolute atomic E-state index is 0.101. The number of hydrogen-bond donors (Lipinski definition) is 0. The van der Waals surface area contributed by atoms with Crippen molar-refractivity contribution in [2.24, 2.45) is 0 Å². The monoisotopic (exact) mass is 356 g/mol. The predicted molar refractivity (Wildman–Crippen MR) is 89.0 cm³/mol. The van der Waals surface area contributed by atoms with Crippen LogP contribution in [0.15, 0.2) is 22.0 Å². The zero-order valence-electron chi connectivity index (χ0n) is 12.0. The van der Waals surface area contributed by atoms with Crippen molar-refractivity contribution in [3.63, 3.8) is 0 Å². The Morgan fingerprint density at radius 2 is 2.20 bits per heavy atom. The summed E-state index contributed by atoms with van der Waals surface area (Å²) in [5, 5.41) is 0. The number of likely N-dealkylation sites (tertiary alicyclic amines) is 1. The number of halogens is 1. The maximum absolute atomic E-state index is 12.2. The number of amides is 1. The molecule has 0 saturated carbocycles. The van der Waals surface area contributed by atoms with Gasteiger partial charge in [0.2, 0.25) is 5.91 Å². The first-order chi connectivity index (χ1) is 9.60. The van der Waals surface area contributed by atoms with E-state index in [0.29, 0.717) is 6.04 Å². The summed E-state index contributed by atoms with van der Waals surface area (Å²) >= 11 is 5.06. The zero-order valence-corrected chi connectivity index (χ0v) is 14.4. The van der Waals surface area contributed by atoms with Gasteiger partial charge in [-0.15, -0.1) is 11.3 Å². The van der Waals surface area contributed by atoms with E-state index in [2.05, 4.69) is 27.8 Å². The zero-order chi connectivity index (χ0) is 14.5. The van der Waals surface area contributed by atoms with Crippen molar-refractivity contribution in [1.29, 1.82) is 0 Å². The van der Waals surface area contributed by atoms with E-state index >= 15 is 0 Å². The molecule has 1 saturated heterocycles. The first-order valence-corrected chi connectivity index (χ1v) is 8.63. The molecule has 0 radical (unpaired) electrons. The van der Waals surface area contributed by atoms with E-state index < -0.39 is 0 Å². The third kappa shape index (κ3) is 4.17. The van der Waals surface area contributed by atoms with Gasteiger partial charge < -0.3 is 9.80 Å². The first-order valence-electron chi connectivity index (χ1n) is 7.02. The molecule has 0 bridgehead atoms. The summed E-state index contributed by atoms with van der Waals surface area (Å²) in [5.74, 6) is 0.101. The van der Waals surface area contributed by atoms with E-state index in [9.17, 15) is 4.79 Å². The Morgan fingerprint density at radius 3 is 2.75 bits per heavy atom. The van der Waals surface area contributed by atoms with E-state index in [4.69, 9.17) is 0 Å². The molecule has 0 aliphatic carbocycles. The van der Waals surface area contributed by atoms with Crippen LogP contribution >= 0.6 is 27.3 Å². The summed E-state index contributed by atoms with van der Waals surface area (Å²) in [6.45, 7) is 5.50. The number of likely N-dealkylation sites (N-methyl/N-ethyl adjacent to an activating group) is 1. The number of carbonyl (C=O) groups is 1. The molecule has 0 aromatic carbocycles. The fourth-order valence-corrected chi connectivity index (χ4v) is 3.82. The van der Waals surface area contributed by atoms with E-state index in [0.717, 1.165) is 41.1 Å². The van der Waals surface area contributed by atoms with Crippen molar-refractivity contribution in [2.45, 2.75) is 25.8 Å². The summed E-state index contributed by atoms with van der Waals surface area (Å²) in [5.41, 5.74) is 0. The topological polar surface area (TPSA) is 23.6 Å². The van der Waals surface area contributed by atoms with Crippen LogP contribution in [0.5, 0.6) is 0 Å². The molecule has 0 unspecified atom stereocenters. The molecule has 3 nitrogen and oxygen atoms in total. The fraction of sp³-hybridized carbons (Fsp3) is 0.533. The Hall–Kier alpha value is -0.650. The van der Waals surface area contributed by atoms with Gasteiger partial charge >= 0.3 is 0 Å². The number of piperidine rings is 1. The van der Waals surface area contributed by atoms with Gasteiger partial charge in [0.05, 0.1) is 3.79 Å². The van der Waals surface area contributed by atoms with E-state index in [1.807, 2.05) is 30.2 Å². The van der Waals surface area contributed by atoms with Crippen molar-refractivity contribution < 1.29 is 4.79 Å². The molecule has 1 aromatic heterocycles. The van der Waals surface area contributed by atoms with Crippen LogP contribution in [-0.4, -0.2) is 48.4 Å². The van der Waals surface area contributed by atoms with Gasteiger partial charge in [0.15, 0.2) is 0 Å². The van der Waals surface area contributed by atoms with Crippen molar-refractivity contribution in [1.82, 2.24) is 9.80 Å². The molecule has 1 aromatic rings. The third-order valence-corrected chi connectivity index (χ3v) is 5.47. The summed E-state index contributed by atoms with van der Waals surface area (Å²) < 4.78 is 1.09. The van der Waals surface area contributed by atoms with Gasteiger partial charge in [-0.25, -0.2) is 0 Å². The largest absolute Gasteiger partial charge is 0.339 e. The van der Waals surface area contributed by atoms with E-state index in [-0.39, 0.29) is 5.91 Å². The van der Waals surface area contributed by atoms with Gasteiger partial charge in [-0.3, -0.25) is 4.79 Å². The minimum Gasteiger partial charge on any atom is -0.339 e. The summed E-state index contributed by atoms with van der Waals surface area (Å²) in [4.78, 5) is 17.6. The van der Waals surface area contributed by atoms with E-state index in [1.165, 1.54) is 0 Å². The first kappa shape index (κ1) is 15.7. The summed E-state index contributed by atoms with van der Waals surface area (Å²) in [6.07, 6.45) is 5.74. The Balaban J connectivity index is 1.87. The molecule has 1 aliphatic heterocycles. The second kappa shape index (κ2) is 7.38. The van der Waals surface area contributed by atoms with Gasteiger partial charge in [0, 0.05) is 37.1 Å². The van der Waals surface area contributed by atoms with Crippen molar-refractivity contribution >= 4 is 39.2 Å². The number of rotatable bonds is 4. The number of carbonyl (C=O) groups excluding carboxylic acids is 1. The quantitative estimate of drug-likeness (QED) is 0.771. The van der Waals surface area contributed by atoms with Crippen LogP contribution in [0.2, 0.25) is 0 Å². The average Bonchev–Trinajstić information content (AvgIpc) is 2.89. The second-order valence-electron chi connectivity index (χ2n) is 5.09. The molecule has 0 atom stereocenters. The smallest absolute Gasteiger partial charge is 0.246 e. The lowest BCUT2D eigenvalue weighted by molar-refractivity contribution is -0.127. The normalized spacial score (nSPS) is 17.8. The highest BCUT2D eigenvalue weighted by molar-refractivity contribution is 9.11. The number of thiophene rings is 1. The van der Waals surface area contributed by atoms with Gasteiger partial charge in [-0.1, -0.05) is 6.92 Å². The van der Waals surface area contributed by atoms with Crippen LogP contribution in [0, 0.1) is 0 Å². The molecule has 2 rings (SSSR count). The third-order valence-electron chi connectivity index (χ3n) is 3.88. The lowest BCUT2D eigenvalue weighted by Crippen LogP contribution is -2.45. The predicted octanol–water partition coefficient (Wildman–Crippen LogP) is 3.47. The van der Waals surface area contributed by atoms with Gasteiger partial charge in [0.25, 0.3) is 0 Å². The van der Waals surface area contributed by atoms with Crippen LogP contribution in [0.3, 0.4) is 0 Å². The molecule has 0 N–H and O–H groups in total. The Labute approximate surface area is 133 Å². The molecule has 1 aliphatic rings. The number of hydrogen-bond acceptors (Lipinski definition) is 3. The van der Waals surface area contributed by atoms with Crippen molar-refractivity contribution in [2.75, 3.05) is 26.7 Å². The summed E-state index contributed by atoms with van der Waals surface area (Å²) in [6, 6.07) is 4.39. The minimum atomic E-state index is 0.101. The van der Waals surface area contributed by atoms with Crippen molar-refractivity contribution in [3.05, 3.63) is 26.9 Å². The molecule has 1 fully saturated rings. The second-order valence-corrected chi connectivity index (χ2v) is 7.58. The Morgan fingerprint density at radius 1 is 1.50 bits per heavy atom. The Bertz CT molecular complexity index is 478. The van der Waals surface area contributed by atoms with Crippen LogP contribution in [-0.2, 0) is 4.79 Å². The molecule has 1 amide bonds. The molecule has 0 spiro atoms. The van der Waals surface area contributed by atoms with Gasteiger partial charge in [-0.2, -0.15) is 0 Å².